The Morgan fingerprint density at radius 1 is 1.35 bits per heavy atom. The predicted molar refractivity (Wildman–Crippen MR) is 105 cm³/mol. The smallest absolute Gasteiger partial charge is 0.237 e. The van der Waals surface area contributed by atoms with E-state index in [2.05, 4.69) is 19.9 Å². The zero-order valence-electron chi connectivity index (χ0n) is 14.5. The molecule has 1 N–H and O–H groups in total. The minimum absolute atomic E-state index is 0.157. The molecule has 0 spiro atoms. The minimum atomic E-state index is -0.357. The highest BCUT2D eigenvalue weighted by molar-refractivity contribution is 8.00. The number of fused-ring (bicyclic) bond motifs is 1. The number of aromatic nitrogens is 3. The van der Waals surface area contributed by atoms with Crippen molar-refractivity contribution in [3.8, 4) is 0 Å². The van der Waals surface area contributed by atoms with Gasteiger partial charge < -0.3 is 14.6 Å². The maximum Gasteiger partial charge on any atom is 0.237 e. The van der Waals surface area contributed by atoms with Crippen LogP contribution >= 0.6 is 23.4 Å². The van der Waals surface area contributed by atoms with Crippen LogP contribution < -0.4 is 5.32 Å². The third-order valence-corrected chi connectivity index (χ3v) is 5.20. The van der Waals surface area contributed by atoms with Crippen LogP contribution in [0.4, 0.5) is 5.69 Å². The maximum atomic E-state index is 12.5. The molecule has 2 heterocycles. The fourth-order valence-electron chi connectivity index (χ4n) is 2.47. The number of hydrogen-bond donors (Lipinski definition) is 1. The number of ether oxygens (including phenoxy) is 1. The number of halogens is 1. The lowest BCUT2D eigenvalue weighted by Crippen LogP contribution is -2.23. The van der Waals surface area contributed by atoms with Crippen molar-refractivity contribution < 1.29 is 9.53 Å². The molecule has 0 saturated carbocycles. The number of hydrogen-bond acceptors (Lipinski definition) is 5. The molecule has 0 aliphatic rings. The maximum absolute atomic E-state index is 12.5. The number of rotatable bonds is 7. The summed E-state index contributed by atoms with van der Waals surface area (Å²) in [5.74, 6) is -0.157. The number of carbonyl (C=O) groups is 1. The molecule has 0 saturated heterocycles. The Bertz CT molecular complexity index is 915. The van der Waals surface area contributed by atoms with E-state index in [1.807, 2.05) is 31.2 Å². The van der Waals surface area contributed by atoms with E-state index in [0.717, 1.165) is 16.2 Å². The summed E-state index contributed by atoms with van der Waals surface area (Å²) in [6.45, 7) is 3.08. The van der Waals surface area contributed by atoms with Crippen molar-refractivity contribution in [1.29, 1.82) is 0 Å². The quantitative estimate of drug-likeness (QED) is 0.490. The van der Waals surface area contributed by atoms with Crippen molar-refractivity contribution >= 4 is 46.0 Å². The summed E-state index contributed by atoms with van der Waals surface area (Å²) >= 11 is 7.41. The van der Waals surface area contributed by atoms with Crippen LogP contribution in [0.3, 0.4) is 0 Å². The Balaban J connectivity index is 1.79. The van der Waals surface area contributed by atoms with Gasteiger partial charge in [0.15, 0.2) is 10.3 Å². The summed E-state index contributed by atoms with van der Waals surface area (Å²) in [5.41, 5.74) is 2.42. The molecule has 1 unspecified atom stereocenters. The van der Waals surface area contributed by atoms with E-state index in [9.17, 15) is 4.79 Å². The van der Waals surface area contributed by atoms with Crippen LogP contribution in [0.5, 0.6) is 0 Å². The van der Waals surface area contributed by atoms with Crippen molar-refractivity contribution in [1.82, 2.24) is 14.5 Å². The molecule has 26 heavy (non-hydrogen) atoms. The zero-order chi connectivity index (χ0) is 18.5. The van der Waals surface area contributed by atoms with Crippen LogP contribution in [0, 0.1) is 0 Å². The second-order valence-electron chi connectivity index (χ2n) is 5.62. The third-order valence-electron chi connectivity index (χ3n) is 3.81. The number of nitrogens with zero attached hydrogens (tertiary/aromatic N) is 3. The number of amides is 1. The van der Waals surface area contributed by atoms with E-state index in [1.165, 1.54) is 11.8 Å². The fourth-order valence-corrected chi connectivity index (χ4v) is 3.58. The van der Waals surface area contributed by atoms with Gasteiger partial charge in [-0.3, -0.25) is 4.79 Å². The van der Waals surface area contributed by atoms with Crippen LogP contribution in [-0.2, 0) is 16.1 Å². The van der Waals surface area contributed by atoms with E-state index in [-0.39, 0.29) is 16.3 Å². The van der Waals surface area contributed by atoms with Crippen molar-refractivity contribution in [2.45, 2.75) is 23.9 Å². The average Bonchev–Trinajstić information content (AvgIpc) is 2.98. The van der Waals surface area contributed by atoms with Gasteiger partial charge in [-0.1, -0.05) is 35.5 Å². The topological polar surface area (TPSA) is 69.0 Å². The van der Waals surface area contributed by atoms with Crippen LogP contribution in [0.25, 0.3) is 11.0 Å². The lowest BCUT2D eigenvalue weighted by Gasteiger charge is -2.13. The van der Waals surface area contributed by atoms with Crippen LogP contribution in [0.15, 0.2) is 47.8 Å². The zero-order valence-corrected chi connectivity index (χ0v) is 16.0. The molecule has 3 rings (SSSR count). The standard InChI is InChI=1S/C18H19ClN4O2S/c1-12(17(24)21-14-7-5-9-20-16(14)19)26-18-22-13-6-3-4-8-15(13)23(18)10-11-25-2/h3-9,12H,10-11H2,1-2H3,(H,21,24). The second kappa shape index (κ2) is 8.53. The monoisotopic (exact) mass is 390 g/mol. The van der Waals surface area contributed by atoms with Crippen LogP contribution in [0.1, 0.15) is 6.92 Å². The molecular weight excluding hydrogens is 372 g/mol. The van der Waals surface area contributed by atoms with Gasteiger partial charge in [0.2, 0.25) is 5.91 Å². The van der Waals surface area contributed by atoms with Gasteiger partial charge in [0.05, 0.1) is 28.6 Å². The van der Waals surface area contributed by atoms with Gasteiger partial charge >= 0.3 is 0 Å². The Morgan fingerprint density at radius 3 is 2.92 bits per heavy atom. The second-order valence-corrected chi connectivity index (χ2v) is 7.28. The molecule has 136 valence electrons. The minimum Gasteiger partial charge on any atom is -0.383 e. The summed E-state index contributed by atoms with van der Waals surface area (Å²) < 4.78 is 7.28. The van der Waals surface area contributed by atoms with E-state index < -0.39 is 0 Å². The number of nitrogens with one attached hydrogen (secondary N) is 1. The Morgan fingerprint density at radius 2 is 2.15 bits per heavy atom. The Kier molecular flexibility index (Phi) is 6.13. The van der Waals surface area contributed by atoms with Gasteiger partial charge in [-0.2, -0.15) is 0 Å². The summed E-state index contributed by atoms with van der Waals surface area (Å²) in [6, 6.07) is 11.3. The van der Waals surface area contributed by atoms with E-state index in [1.54, 1.807) is 25.4 Å². The van der Waals surface area contributed by atoms with Crippen molar-refractivity contribution in [2.75, 3.05) is 19.0 Å². The summed E-state index contributed by atoms with van der Waals surface area (Å²) in [6.07, 6.45) is 1.58. The molecule has 3 aromatic rings. The molecule has 0 bridgehead atoms. The summed E-state index contributed by atoms with van der Waals surface area (Å²) in [4.78, 5) is 21.2. The highest BCUT2D eigenvalue weighted by atomic mass is 35.5. The molecular formula is C18H19ClN4O2S. The molecule has 0 aliphatic heterocycles. The molecule has 1 amide bonds. The number of anilines is 1. The van der Waals surface area contributed by atoms with E-state index >= 15 is 0 Å². The first-order chi connectivity index (χ1) is 12.6. The molecule has 1 aromatic carbocycles. The molecule has 0 fully saturated rings. The van der Waals surface area contributed by atoms with Crippen LogP contribution in [0.2, 0.25) is 5.15 Å². The fraction of sp³-hybridized carbons (Fsp3) is 0.278. The SMILES string of the molecule is COCCn1c(SC(C)C(=O)Nc2cccnc2Cl)nc2ccccc21. The first kappa shape index (κ1) is 18.7. The molecule has 1 atom stereocenters. The van der Waals surface area contributed by atoms with Gasteiger partial charge in [-0.15, -0.1) is 0 Å². The Labute approximate surface area is 160 Å². The van der Waals surface area contributed by atoms with Crippen molar-refractivity contribution in [2.24, 2.45) is 0 Å². The van der Waals surface area contributed by atoms with Gasteiger partial charge in [0.25, 0.3) is 0 Å². The summed E-state index contributed by atoms with van der Waals surface area (Å²) in [5, 5.41) is 3.50. The first-order valence-corrected chi connectivity index (χ1v) is 9.38. The highest BCUT2D eigenvalue weighted by Crippen LogP contribution is 2.28. The molecule has 0 aliphatic carbocycles. The van der Waals surface area contributed by atoms with Gasteiger partial charge in [-0.25, -0.2) is 9.97 Å². The molecule has 2 aromatic heterocycles. The van der Waals surface area contributed by atoms with Crippen molar-refractivity contribution in [3.63, 3.8) is 0 Å². The number of benzene rings is 1. The van der Waals surface area contributed by atoms with Gasteiger partial charge in [0, 0.05) is 19.9 Å². The summed E-state index contributed by atoms with van der Waals surface area (Å²) in [7, 11) is 1.67. The normalized spacial score (nSPS) is 12.3. The number of methoxy groups -OCH3 is 1. The van der Waals surface area contributed by atoms with E-state index in [4.69, 9.17) is 16.3 Å². The molecule has 8 heteroatoms. The Hall–Kier alpha value is -2.09. The number of carbonyl (C=O) groups excluding carboxylic acids is 1. The van der Waals surface area contributed by atoms with Gasteiger partial charge in [-0.05, 0) is 31.2 Å². The number of para-hydroxylation sites is 2. The van der Waals surface area contributed by atoms with Crippen LogP contribution in [-0.4, -0.2) is 39.4 Å². The lowest BCUT2D eigenvalue weighted by molar-refractivity contribution is -0.115. The van der Waals surface area contributed by atoms with Crippen molar-refractivity contribution in [3.05, 3.63) is 47.7 Å². The largest absolute Gasteiger partial charge is 0.383 e. The lowest BCUT2D eigenvalue weighted by atomic mass is 10.3. The number of imidazole rings is 1. The number of thioether (sulfide) groups is 1. The molecule has 6 nitrogen and oxygen atoms in total. The predicted octanol–water partition coefficient (Wildman–Crippen LogP) is 3.85. The highest BCUT2D eigenvalue weighted by Gasteiger charge is 2.20. The molecule has 0 radical (unpaired) electrons. The number of pyridine rings is 1. The van der Waals surface area contributed by atoms with E-state index in [0.29, 0.717) is 18.8 Å². The van der Waals surface area contributed by atoms with Gasteiger partial charge in [0.1, 0.15) is 0 Å². The average molecular weight is 391 g/mol. The first-order valence-electron chi connectivity index (χ1n) is 8.12. The third kappa shape index (κ3) is 4.17.